The molecule has 0 radical (unpaired) electrons. The lowest BCUT2D eigenvalue weighted by molar-refractivity contribution is 0.120. The molecule has 34 heavy (non-hydrogen) atoms. The fraction of sp³-hybridized carbons (Fsp3) is 0.348. The van der Waals surface area contributed by atoms with Gasteiger partial charge in [0.15, 0.2) is 0 Å². The Morgan fingerprint density at radius 3 is 2.79 bits per heavy atom. The van der Waals surface area contributed by atoms with Crippen LogP contribution in [0.1, 0.15) is 12.6 Å². The lowest BCUT2D eigenvalue weighted by Crippen LogP contribution is -2.43. The monoisotopic (exact) mass is 465 g/mol. The van der Waals surface area contributed by atoms with Gasteiger partial charge in [-0.25, -0.2) is 19.5 Å². The van der Waals surface area contributed by atoms with Crippen LogP contribution >= 0.6 is 0 Å². The van der Waals surface area contributed by atoms with E-state index in [2.05, 4.69) is 20.4 Å². The molecule has 11 heteroatoms. The van der Waals surface area contributed by atoms with Crippen molar-refractivity contribution in [3.8, 4) is 22.8 Å². The number of anilines is 1. The third-order valence-electron chi connectivity index (χ3n) is 5.46. The van der Waals surface area contributed by atoms with E-state index < -0.39 is 6.03 Å². The quantitative estimate of drug-likeness (QED) is 0.569. The van der Waals surface area contributed by atoms with Crippen LogP contribution in [0.5, 0.6) is 11.5 Å². The normalized spacial score (nSPS) is 14.4. The van der Waals surface area contributed by atoms with Crippen molar-refractivity contribution in [2.45, 2.75) is 19.9 Å². The van der Waals surface area contributed by atoms with Crippen molar-refractivity contribution in [2.24, 2.45) is 7.05 Å². The zero-order valence-electron chi connectivity index (χ0n) is 19.6. The van der Waals surface area contributed by atoms with E-state index in [4.69, 9.17) is 9.47 Å². The zero-order chi connectivity index (χ0) is 24.2. The first kappa shape index (κ1) is 23.2. The molecule has 4 rings (SSSR count). The number of hydrogen-bond donors (Lipinski definition) is 1. The topological polar surface area (TPSA) is 115 Å². The first-order chi connectivity index (χ1) is 16.4. The Balaban J connectivity index is 1.41. The Morgan fingerprint density at radius 2 is 2.09 bits per heavy atom. The van der Waals surface area contributed by atoms with E-state index in [9.17, 15) is 9.59 Å². The molecule has 4 heterocycles. The summed E-state index contributed by atoms with van der Waals surface area (Å²) in [7, 11) is 3.42. The van der Waals surface area contributed by atoms with Gasteiger partial charge in [-0.2, -0.15) is 5.10 Å². The van der Waals surface area contributed by atoms with Gasteiger partial charge >= 0.3 is 12.1 Å². The molecular weight excluding hydrogens is 438 g/mol. The Bertz CT molecular complexity index is 1200. The molecule has 0 aromatic carbocycles. The number of aromatic nitrogens is 4. The third-order valence-corrected chi connectivity index (χ3v) is 5.46. The summed E-state index contributed by atoms with van der Waals surface area (Å²) < 4.78 is 12.8. The summed E-state index contributed by atoms with van der Waals surface area (Å²) in [5.74, 6) is 1.47. The number of methoxy groups -OCH3 is 1. The number of carbonyl (C=O) groups excluding carboxylic acids is 2. The molecule has 0 bridgehead atoms. The Hall–Kier alpha value is -3.99. The number of urea groups is 2. The van der Waals surface area contributed by atoms with Crippen LogP contribution in [0.4, 0.5) is 15.4 Å². The van der Waals surface area contributed by atoms with Crippen molar-refractivity contribution in [1.29, 1.82) is 0 Å². The molecule has 1 aliphatic rings. The van der Waals surface area contributed by atoms with E-state index in [1.807, 2.05) is 26.2 Å². The maximum absolute atomic E-state index is 12.7. The average Bonchev–Trinajstić information content (AvgIpc) is 3.42. The molecule has 178 valence electrons. The number of pyridine rings is 2. The minimum absolute atomic E-state index is 0.112. The highest BCUT2D eigenvalue weighted by molar-refractivity contribution is 6.01. The summed E-state index contributed by atoms with van der Waals surface area (Å²) in [4.78, 5) is 36.8. The maximum atomic E-state index is 12.7. The van der Waals surface area contributed by atoms with Crippen LogP contribution in [-0.4, -0.2) is 74.5 Å². The molecule has 1 saturated heterocycles. The van der Waals surface area contributed by atoms with Gasteiger partial charge in [-0.15, -0.1) is 0 Å². The van der Waals surface area contributed by atoms with Gasteiger partial charge in [-0.3, -0.25) is 15.0 Å². The smallest absolute Gasteiger partial charge is 0.331 e. The van der Waals surface area contributed by atoms with Gasteiger partial charge in [-0.1, -0.05) is 0 Å². The van der Waals surface area contributed by atoms with Crippen molar-refractivity contribution in [3.63, 3.8) is 0 Å². The van der Waals surface area contributed by atoms with Crippen molar-refractivity contribution in [2.75, 3.05) is 32.1 Å². The van der Waals surface area contributed by atoms with Crippen molar-refractivity contribution >= 4 is 17.9 Å². The second-order valence-corrected chi connectivity index (χ2v) is 8.02. The molecule has 4 amide bonds. The molecule has 11 nitrogen and oxygen atoms in total. The lowest BCUT2D eigenvalue weighted by atomic mass is 10.2. The van der Waals surface area contributed by atoms with Crippen LogP contribution in [0.25, 0.3) is 11.3 Å². The van der Waals surface area contributed by atoms with Crippen LogP contribution in [0.3, 0.4) is 0 Å². The molecule has 1 fully saturated rings. The summed E-state index contributed by atoms with van der Waals surface area (Å²) in [5.41, 5.74) is 2.21. The van der Waals surface area contributed by atoms with Crippen LogP contribution in [0.15, 0.2) is 42.9 Å². The molecule has 0 aliphatic carbocycles. The third kappa shape index (κ3) is 4.99. The lowest BCUT2D eigenvalue weighted by Gasteiger charge is -2.23. The van der Waals surface area contributed by atoms with E-state index in [0.29, 0.717) is 42.7 Å². The van der Waals surface area contributed by atoms with E-state index >= 15 is 0 Å². The van der Waals surface area contributed by atoms with Gasteiger partial charge in [0.2, 0.25) is 0 Å². The first-order valence-electron chi connectivity index (χ1n) is 10.8. The Morgan fingerprint density at radius 1 is 1.26 bits per heavy atom. The number of ether oxygens (including phenoxy) is 2. The number of carbonyl (C=O) groups is 2. The SMILES string of the molecule is COCC(C)N1CCN(C(=O)Nc2ccc(Oc3ccnc(-c4cnn(C)c4)c3)c(C)n2)C1=O. The molecule has 1 unspecified atom stereocenters. The Labute approximate surface area is 197 Å². The van der Waals surface area contributed by atoms with Crippen LogP contribution in [0.2, 0.25) is 0 Å². The summed E-state index contributed by atoms with van der Waals surface area (Å²) >= 11 is 0. The maximum Gasteiger partial charge on any atom is 0.331 e. The van der Waals surface area contributed by atoms with E-state index in [-0.39, 0.29) is 12.1 Å². The minimum Gasteiger partial charge on any atom is -0.455 e. The molecule has 1 N–H and O–H groups in total. The van der Waals surface area contributed by atoms with Crippen molar-refractivity contribution in [1.82, 2.24) is 29.5 Å². The number of aryl methyl sites for hydroxylation is 2. The van der Waals surface area contributed by atoms with Gasteiger partial charge in [0, 0.05) is 51.3 Å². The van der Waals surface area contributed by atoms with E-state index in [1.165, 1.54) is 4.90 Å². The van der Waals surface area contributed by atoms with Gasteiger partial charge in [-0.05, 0) is 32.0 Å². The summed E-state index contributed by atoms with van der Waals surface area (Å²) in [5, 5.41) is 6.86. The fourth-order valence-corrected chi connectivity index (χ4v) is 3.70. The predicted octanol–water partition coefficient (Wildman–Crippen LogP) is 3.28. The molecular formula is C23H27N7O4. The highest BCUT2D eigenvalue weighted by Gasteiger charge is 2.35. The number of nitrogens with zero attached hydrogens (tertiary/aromatic N) is 6. The van der Waals surface area contributed by atoms with Crippen LogP contribution in [0, 0.1) is 6.92 Å². The van der Waals surface area contributed by atoms with E-state index in [0.717, 1.165) is 11.3 Å². The van der Waals surface area contributed by atoms with Crippen molar-refractivity contribution < 1.29 is 19.1 Å². The molecule has 3 aromatic rings. The summed E-state index contributed by atoms with van der Waals surface area (Å²) in [6, 6.07) is 5.95. The van der Waals surface area contributed by atoms with Gasteiger partial charge in [0.25, 0.3) is 0 Å². The van der Waals surface area contributed by atoms with Gasteiger partial charge in [0.05, 0.1) is 30.2 Å². The molecule has 0 saturated carbocycles. The Kier molecular flexibility index (Phi) is 6.73. The zero-order valence-corrected chi connectivity index (χ0v) is 19.6. The predicted molar refractivity (Wildman–Crippen MR) is 125 cm³/mol. The standard InChI is InChI=1S/C23H27N7O4/c1-15(14-33-4)29-9-10-30(23(29)32)22(31)27-21-6-5-20(16(2)26-21)34-18-7-8-24-19(11-18)17-12-25-28(3)13-17/h5-8,11-13,15H,9-10,14H2,1-4H3,(H,26,27,31). The number of hydrogen-bond acceptors (Lipinski definition) is 7. The molecule has 3 aromatic heterocycles. The highest BCUT2D eigenvalue weighted by Crippen LogP contribution is 2.28. The minimum atomic E-state index is -0.520. The highest BCUT2D eigenvalue weighted by atomic mass is 16.5. The fourth-order valence-electron chi connectivity index (χ4n) is 3.70. The van der Waals surface area contributed by atoms with Gasteiger partial charge < -0.3 is 14.4 Å². The average molecular weight is 466 g/mol. The number of rotatable bonds is 7. The van der Waals surface area contributed by atoms with Crippen molar-refractivity contribution in [3.05, 3.63) is 48.5 Å². The number of imide groups is 1. The summed E-state index contributed by atoms with van der Waals surface area (Å²) in [6.45, 7) is 4.84. The number of nitrogens with one attached hydrogen (secondary N) is 1. The van der Waals surface area contributed by atoms with Crippen LogP contribution < -0.4 is 10.1 Å². The number of amides is 4. The molecule has 1 atom stereocenters. The second kappa shape index (κ2) is 9.87. The molecule has 0 spiro atoms. The van der Waals surface area contributed by atoms with Crippen LogP contribution in [-0.2, 0) is 11.8 Å². The van der Waals surface area contributed by atoms with E-state index in [1.54, 1.807) is 54.2 Å². The largest absolute Gasteiger partial charge is 0.455 e. The second-order valence-electron chi connectivity index (χ2n) is 8.02. The first-order valence-corrected chi connectivity index (χ1v) is 10.8. The van der Waals surface area contributed by atoms with Gasteiger partial charge in [0.1, 0.15) is 17.3 Å². The summed E-state index contributed by atoms with van der Waals surface area (Å²) in [6.07, 6.45) is 5.27. The molecule has 1 aliphatic heterocycles.